The van der Waals surface area contributed by atoms with E-state index < -0.39 is 0 Å². The fourth-order valence-corrected chi connectivity index (χ4v) is 2.58. The summed E-state index contributed by atoms with van der Waals surface area (Å²) in [5, 5.41) is 0. The fourth-order valence-electron chi connectivity index (χ4n) is 2.58. The first-order valence-electron chi connectivity index (χ1n) is 5.15. The molecule has 2 rings (SSSR count). The van der Waals surface area contributed by atoms with Gasteiger partial charge in [0.25, 0.3) is 0 Å². The Labute approximate surface area is 73.9 Å². The molecular formula is C10H17NO. The van der Waals surface area contributed by atoms with Crippen molar-refractivity contribution in [2.45, 2.75) is 45.1 Å². The molecule has 2 aliphatic rings. The summed E-state index contributed by atoms with van der Waals surface area (Å²) < 4.78 is 0. The van der Waals surface area contributed by atoms with Crippen molar-refractivity contribution >= 4 is 5.91 Å². The average molecular weight is 167 g/mol. The van der Waals surface area contributed by atoms with Gasteiger partial charge in [-0.05, 0) is 19.3 Å². The van der Waals surface area contributed by atoms with Crippen LogP contribution in [-0.2, 0) is 4.79 Å². The lowest BCUT2D eigenvalue weighted by molar-refractivity contribution is -0.159. The minimum absolute atomic E-state index is 0.422. The zero-order chi connectivity index (χ0) is 8.55. The van der Waals surface area contributed by atoms with Crippen molar-refractivity contribution in [3.63, 3.8) is 0 Å². The third-order valence-electron chi connectivity index (χ3n) is 3.19. The molecule has 2 fully saturated rings. The number of amides is 1. The number of nitrogens with zero attached hydrogens (tertiary/aromatic N) is 1. The highest BCUT2D eigenvalue weighted by molar-refractivity contribution is 5.86. The van der Waals surface area contributed by atoms with Crippen LogP contribution in [0.15, 0.2) is 0 Å². The van der Waals surface area contributed by atoms with E-state index in [2.05, 4.69) is 11.8 Å². The molecule has 1 heterocycles. The van der Waals surface area contributed by atoms with Crippen LogP contribution in [0.4, 0.5) is 0 Å². The van der Waals surface area contributed by atoms with E-state index in [1.54, 1.807) is 0 Å². The fraction of sp³-hybridized carbons (Fsp3) is 0.900. The van der Waals surface area contributed by atoms with E-state index in [0.717, 1.165) is 19.4 Å². The van der Waals surface area contributed by atoms with Gasteiger partial charge in [-0.2, -0.15) is 0 Å². The van der Waals surface area contributed by atoms with Crippen LogP contribution < -0.4 is 0 Å². The van der Waals surface area contributed by atoms with Crippen LogP contribution in [0.5, 0.6) is 0 Å². The van der Waals surface area contributed by atoms with E-state index in [0.29, 0.717) is 17.9 Å². The summed E-state index contributed by atoms with van der Waals surface area (Å²) in [4.78, 5) is 13.6. The Balaban J connectivity index is 1.96. The van der Waals surface area contributed by atoms with E-state index in [1.807, 2.05) is 0 Å². The Hall–Kier alpha value is -0.530. The molecule has 1 saturated heterocycles. The number of β-lactam (4-membered cyclic amide) rings is 1. The molecule has 12 heavy (non-hydrogen) atoms. The summed E-state index contributed by atoms with van der Waals surface area (Å²) in [6.07, 6.45) is 6.12. The molecule has 0 radical (unpaired) electrons. The molecule has 0 aromatic heterocycles. The van der Waals surface area contributed by atoms with E-state index in [1.165, 1.54) is 19.3 Å². The predicted molar refractivity (Wildman–Crippen MR) is 47.8 cm³/mol. The van der Waals surface area contributed by atoms with Gasteiger partial charge in [-0.25, -0.2) is 0 Å². The van der Waals surface area contributed by atoms with Gasteiger partial charge in [0.2, 0.25) is 5.91 Å². The average Bonchev–Trinajstić information content (AvgIpc) is 2.13. The predicted octanol–water partition coefficient (Wildman–Crippen LogP) is 1.80. The van der Waals surface area contributed by atoms with Crippen molar-refractivity contribution in [3.05, 3.63) is 0 Å². The lowest BCUT2D eigenvalue weighted by atomic mass is 9.76. The maximum atomic E-state index is 11.5. The molecule has 68 valence electrons. The van der Waals surface area contributed by atoms with Crippen molar-refractivity contribution in [1.29, 1.82) is 0 Å². The zero-order valence-corrected chi connectivity index (χ0v) is 7.75. The van der Waals surface area contributed by atoms with Gasteiger partial charge in [-0.3, -0.25) is 4.79 Å². The molecule has 2 atom stereocenters. The second-order valence-electron chi connectivity index (χ2n) is 3.99. The van der Waals surface area contributed by atoms with Crippen LogP contribution in [-0.4, -0.2) is 23.4 Å². The minimum atomic E-state index is 0.422. The Morgan fingerprint density at radius 2 is 2.17 bits per heavy atom. The van der Waals surface area contributed by atoms with Crippen LogP contribution in [0.1, 0.15) is 39.0 Å². The maximum Gasteiger partial charge on any atom is 0.228 e. The molecule has 1 amide bonds. The van der Waals surface area contributed by atoms with Crippen molar-refractivity contribution in [3.8, 4) is 0 Å². The van der Waals surface area contributed by atoms with Crippen LogP contribution in [0.3, 0.4) is 0 Å². The lowest BCUT2D eigenvalue weighted by Gasteiger charge is -2.50. The monoisotopic (exact) mass is 167 g/mol. The highest BCUT2D eigenvalue weighted by Crippen LogP contribution is 2.38. The summed E-state index contributed by atoms with van der Waals surface area (Å²) >= 11 is 0. The summed E-state index contributed by atoms with van der Waals surface area (Å²) in [5.74, 6) is 0.854. The van der Waals surface area contributed by atoms with E-state index in [-0.39, 0.29) is 0 Å². The standard InChI is InChI=1S/C10H17NO/c1-2-7-11-9-6-4-3-5-8(9)10(11)12/h8-9H,2-7H2,1H3. The van der Waals surface area contributed by atoms with E-state index in [4.69, 9.17) is 0 Å². The topological polar surface area (TPSA) is 20.3 Å². The van der Waals surface area contributed by atoms with E-state index >= 15 is 0 Å². The van der Waals surface area contributed by atoms with Gasteiger partial charge >= 0.3 is 0 Å². The molecule has 1 aliphatic carbocycles. The van der Waals surface area contributed by atoms with Gasteiger partial charge in [0.1, 0.15) is 0 Å². The summed E-state index contributed by atoms with van der Waals surface area (Å²) in [6, 6.07) is 0.631. The van der Waals surface area contributed by atoms with Gasteiger partial charge in [0.15, 0.2) is 0 Å². The molecule has 0 aromatic carbocycles. The third kappa shape index (κ3) is 1.05. The number of rotatable bonds is 2. The van der Waals surface area contributed by atoms with Gasteiger partial charge in [-0.1, -0.05) is 19.8 Å². The SMILES string of the molecule is CCCN1C(=O)C2CCCCC21. The van der Waals surface area contributed by atoms with Crippen LogP contribution >= 0.6 is 0 Å². The highest BCUT2D eigenvalue weighted by atomic mass is 16.2. The summed E-state index contributed by atoms with van der Waals surface area (Å²) in [6.45, 7) is 3.13. The molecule has 2 nitrogen and oxygen atoms in total. The van der Waals surface area contributed by atoms with Gasteiger partial charge in [0, 0.05) is 12.6 Å². The number of hydrogen-bond acceptors (Lipinski definition) is 1. The Bertz CT molecular complexity index is 190. The Morgan fingerprint density at radius 1 is 1.42 bits per heavy atom. The molecule has 2 heteroatoms. The number of carbonyl (C=O) groups is 1. The quantitative estimate of drug-likeness (QED) is 0.574. The normalized spacial score (nSPS) is 34.4. The molecule has 1 aliphatic heterocycles. The molecule has 0 bridgehead atoms. The van der Waals surface area contributed by atoms with Crippen LogP contribution in [0, 0.1) is 5.92 Å². The first kappa shape index (κ1) is 8.09. The molecule has 2 unspecified atom stereocenters. The second kappa shape index (κ2) is 3.08. The van der Waals surface area contributed by atoms with Crippen LogP contribution in [0.25, 0.3) is 0 Å². The number of hydrogen-bond donors (Lipinski definition) is 0. The molecule has 0 spiro atoms. The summed E-state index contributed by atoms with van der Waals surface area (Å²) in [5.41, 5.74) is 0. The highest BCUT2D eigenvalue weighted by Gasteiger charge is 2.46. The minimum Gasteiger partial charge on any atom is -0.339 e. The maximum absolute atomic E-state index is 11.5. The number of likely N-dealkylation sites (tertiary alicyclic amines) is 1. The smallest absolute Gasteiger partial charge is 0.228 e. The zero-order valence-electron chi connectivity index (χ0n) is 7.75. The lowest BCUT2D eigenvalue weighted by Crippen LogP contribution is -2.61. The van der Waals surface area contributed by atoms with Crippen molar-refractivity contribution in [1.82, 2.24) is 4.90 Å². The Morgan fingerprint density at radius 3 is 2.92 bits per heavy atom. The van der Waals surface area contributed by atoms with Crippen molar-refractivity contribution in [2.75, 3.05) is 6.54 Å². The number of carbonyl (C=O) groups excluding carboxylic acids is 1. The van der Waals surface area contributed by atoms with Crippen LogP contribution in [0.2, 0.25) is 0 Å². The first-order valence-corrected chi connectivity index (χ1v) is 5.15. The Kier molecular flexibility index (Phi) is 2.07. The third-order valence-corrected chi connectivity index (χ3v) is 3.19. The largest absolute Gasteiger partial charge is 0.339 e. The molecule has 0 N–H and O–H groups in total. The van der Waals surface area contributed by atoms with Gasteiger partial charge in [-0.15, -0.1) is 0 Å². The first-order chi connectivity index (χ1) is 5.84. The van der Waals surface area contributed by atoms with Gasteiger partial charge < -0.3 is 4.90 Å². The molecule has 0 aromatic rings. The second-order valence-corrected chi connectivity index (χ2v) is 3.99. The van der Waals surface area contributed by atoms with Crippen molar-refractivity contribution < 1.29 is 4.79 Å². The summed E-state index contributed by atoms with van der Waals surface area (Å²) in [7, 11) is 0. The molecular weight excluding hydrogens is 150 g/mol. The van der Waals surface area contributed by atoms with Gasteiger partial charge in [0.05, 0.1) is 5.92 Å². The van der Waals surface area contributed by atoms with Crippen molar-refractivity contribution in [2.24, 2.45) is 5.92 Å². The van der Waals surface area contributed by atoms with E-state index in [9.17, 15) is 4.79 Å². The number of fused-ring (bicyclic) bond motifs is 1. The molecule has 1 saturated carbocycles.